The second kappa shape index (κ2) is 7.42. The molecule has 0 aliphatic heterocycles. The predicted molar refractivity (Wildman–Crippen MR) is 89.2 cm³/mol. The summed E-state index contributed by atoms with van der Waals surface area (Å²) in [5, 5.41) is 8.94. The fourth-order valence-corrected chi connectivity index (χ4v) is 2.46. The van der Waals surface area contributed by atoms with E-state index in [1.807, 2.05) is 48.5 Å². The van der Waals surface area contributed by atoms with E-state index >= 15 is 0 Å². The highest BCUT2D eigenvalue weighted by molar-refractivity contribution is 14.1. The van der Waals surface area contributed by atoms with Gasteiger partial charge in [0.15, 0.2) is 0 Å². The predicted octanol–water partition coefficient (Wildman–Crippen LogP) is 2.82. The van der Waals surface area contributed by atoms with Crippen LogP contribution in [0, 0.1) is 3.57 Å². The van der Waals surface area contributed by atoms with Gasteiger partial charge in [-0.15, -0.1) is 0 Å². The molecule has 2 aromatic carbocycles. The molecular weight excluding hydrogens is 381 g/mol. The zero-order valence-electron chi connectivity index (χ0n) is 11.3. The molecule has 0 saturated heterocycles. The van der Waals surface area contributed by atoms with Crippen LogP contribution in [0.1, 0.15) is 11.1 Å². The molecule has 0 fully saturated rings. The van der Waals surface area contributed by atoms with Gasteiger partial charge < -0.3 is 15.6 Å². The number of hydrogen-bond donors (Lipinski definition) is 2. The van der Waals surface area contributed by atoms with Gasteiger partial charge >= 0.3 is 5.97 Å². The van der Waals surface area contributed by atoms with E-state index in [1.165, 1.54) is 0 Å². The molecule has 2 aromatic rings. The molecule has 0 amide bonds. The number of benzene rings is 2. The molecular formula is C16H16INO3. The van der Waals surface area contributed by atoms with Crippen LogP contribution in [0.5, 0.6) is 5.75 Å². The highest BCUT2D eigenvalue weighted by Crippen LogP contribution is 2.23. The zero-order chi connectivity index (χ0) is 15.2. The lowest BCUT2D eigenvalue weighted by atomic mass is 10.1. The Labute approximate surface area is 137 Å². The average molecular weight is 397 g/mol. The van der Waals surface area contributed by atoms with Crippen molar-refractivity contribution in [1.29, 1.82) is 0 Å². The van der Waals surface area contributed by atoms with Crippen LogP contribution in [0.2, 0.25) is 0 Å². The lowest BCUT2D eigenvalue weighted by molar-refractivity contribution is -0.138. The van der Waals surface area contributed by atoms with Crippen molar-refractivity contribution in [2.45, 2.75) is 19.1 Å². The van der Waals surface area contributed by atoms with Crippen molar-refractivity contribution in [2.24, 2.45) is 5.73 Å². The highest BCUT2D eigenvalue weighted by atomic mass is 127. The summed E-state index contributed by atoms with van der Waals surface area (Å²) in [4.78, 5) is 10.9. The Bertz CT molecular complexity index is 616. The first kappa shape index (κ1) is 15.8. The molecule has 21 heavy (non-hydrogen) atoms. The third kappa shape index (κ3) is 4.71. The summed E-state index contributed by atoms with van der Waals surface area (Å²) in [6.07, 6.45) is 0.246. The summed E-state index contributed by atoms with van der Waals surface area (Å²) in [5.74, 6) is -0.334. The van der Waals surface area contributed by atoms with Crippen molar-refractivity contribution in [3.63, 3.8) is 0 Å². The van der Waals surface area contributed by atoms with Crippen LogP contribution in [0.25, 0.3) is 0 Å². The maximum Gasteiger partial charge on any atom is 0.320 e. The Kier molecular flexibility index (Phi) is 5.58. The van der Waals surface area contributed by atoms with Crippen LogP contribution < -0.4 is 10.5 Å². The molecule has 0 saturated carbocycles. The molecule has 0 bridgehead atoms. The number of rotatable bonds is 6. The fourth-order valence-electron chi connectivity index (χ4n) is 1.91. The molecule has 110 valence electrons. The molecule has 0 radical (unpaired) electrons. The molecule has 3 N–H and O–H groups in total. The maximum absolute atomic E-state index is 10.9. The molecule has 1 unspecified atom stereocenters. The van der Waals surface area contributed by atoms with Crippen LogP contribution in [-0.2, 0) is 17.8 Å². The quantitative estimate of drug-likeness (QED) is 0.736. The van der Waals surface area contributed by atoms with Crippen LogP contribution in [0.15, 0.2) is 48.5 Å². The summed E-state index contributed by atoms with van der Waals surface area (Å²) >= 11 is 2.18. The van der Waals surface area contributed by atoms with Crippen LogP contribution >= 0.6 is 22.6 Å². The monoisotopic (exact) mass is 397 g/mol. The van der Waals surface area contributed by atoms with Crippen molar-refractivity contribution in [3.05, 3.63) is 63.2 Å². The Hall–Kier alpha value is -1.60. The number of halogens is 1. The van der Waals surface area contributed by atoms with Crippen molar-refractivity contribution in [1.82, 2.24) is 0 Å². The number of carbonyl (C=O) groups is 1. The summed E-state index contributed by atoms with van der Waals surface area (Å²) < 4.78 is 6.83. The molecule has 0 heterocycles. The van der Waals surface area contributed by atoms with Crippen molar-refractivity contribution in [3.8, 4) is 5.75 Å². The third-order valence-corrected chi connectivity index (χ3v) is 3.69. The Morgan fingerprint density at radius 3 is 2.62 bits per heavy atom. The van der Waals surface area contributed by atoms with Gasteiger partial charge in [0, 0.05) is 9.99 Å². The van der Waals surface area contributed by atoms with Crippen LogP contribution in [0.3, 0.4) is 0 Å². The maximum atomic E-state index is 10.9. The number of aliphatic carboxylic acids is 1. The van der Waals surface area contributed by atoms with Gasteiger partial charge in [-0.2, -0.15) is 0 Å². The smallest absolute Gasteiger partial charge is 0.320 e. The summed E-state index contributed by atoms with van der Waals surface area (Å²) in [6.45, 7) is 0.441. The van der Waals surface area contributed by atoms with Gasteiger partial charge in [-0.1, -0.05) is 30.3 Å². The fraction of sp³-hybridized carbons (Fsp3) is 0.188. The number of carboxylic acids is 1. The van der Waals surface area contributed by atoms with Crippen molar-refractivity contribution >= 4 is 28.6 Å². The first-order valence-electron chi connectivity index (χ1n) is 6.50. The van der Waals surface area contributed by atoms with E-state index in [0.717, 1.165) is 14.7 Å². The average Bonchev–Trinajstić information content (AvgIpc) is 2.47. The van der Waals surface area contributed by atoms with E-state index in [2.05, 4.69) is 22.6 Å². The summed E-state index contributed by atoms with van der Waals surface area (Å²) in [7, 11) is 0. The number of nitrogens with two attached hydrogens (primary N) is 1. The normalized spacial score (nSPS) is 11.9. The molecule has 0 aliphatic rings. The lowest BCUT2D eigenvalue weighted by Gasteiger charge is -2.14. The minimum atomic E-state index is -1.01. The first-order chi connectivity index (χ1) is 10.1. The number of ether oxygens (including phenoxy) is 1. The standard InChI is InChI=1S/C16H16INO3/c17-13-6-7-15(12(8-13)9-14(18)16(19)20)21-10-11-4-2-1-3-5-11/h1-8,14H,9-10,18H2,(H,19,20). The summed E-state index contributed by atoms with van der Waals surface area (Å²) in [5.41, 5.74) is 7.49. The zero-order valence-corrected chi connectivity index (χ0v) is 13.5. The molecule has 5 heteroatoms. The van der Waals surface area contributed by atoms with E-state index in [1.54, 1.807) is 0 Å². The molecule has 1 atom stereocenters. The van der Waals surface area contributed by atoms with Crippen molar-refractivity contribution < 1.29 is 14.6 Å². The Morgan fingerprint density at radius 1 is 1.24 bits per heavy atom. The van der Waals surface area contributed by atoms with Gasteiger partial charge in [0.1, 0.15) is 18.4 Å². The van der Waals surface area contributed by atoms with Gasteiger partial charge in [0.05, 0.1) is 0 Å². The van der Waals surface area contributed by atoms with Gasteiger partial charge in [0.2, 0.25) is 0 Å². The Balaban J connectivity index is 2.13. The lowest BCUT2D eigenvalue weighted by Crippen LogP contribution is -2.32. The van der Waals surface area contributed by atoms with E-state index in [9.17, 15) is 4.79 Å². The van der Waals surface area contributed by atoms with Crippen molar-refractivity contribution in [2.75, 3.05) is 0 Å². The topological polar surface area (TPSA) is 72.5 Å². The Morgan fingerprint density at radius 2 is 1.95 bits per heavy atom. The number of carboxylic acid groups (broad SMARTS) is 1. The van der Waals surface area contributed by atoms with Crippen LogP contribution in [0.4, 0.5) is 0 Å². The second-order valence-electron chi connectivity index (χ2n) is 4.68. The van der Waals surface area contributed by atoms with Gasteiger partial charge in [0.25, 0.3) is 0 Å². The largest absolute Gasteiger partial charge is 0.489 e. The SMILES string of the molecule is NC(Cc1cc(I)ccc1OCc1ccccc1)C(=O)O. The van der Waals surface area contributed by atoms with Gasteiger partial charge in [-0.25, -0.2) is 0 Å². The molecule has 2 rings (SSSR count). The number of hydrogen-bond acceptors (Lipinski definition) is 3. The molecule has 0 aliphatic carbocycles. The third-order valence-electron chi connectivity index (χ3n) is 3.02. The van der Waals surface area contributed by atoms with Gasteiger partial charge in [-0.3, -0.25) is 4.79 Å². The van der Waals surface area contributed by atoms with E-state index < -0.39 is 12.0 Å². The van der Waals surface area contributed by atoms with Crippen LogP contribution in [-0.4, -0.2) is 17.1 Å². The first-order valence-corrected chi connectivity index (χ1v) is 7.57. The summed E-state index contributed by atoms with van der Waals surface area (Å²) in [6, 6.07) is 14.6. The van der Waals surface area contributed by atoms with E-state index in [-0.39, 0.29) is 6.42 Å². The van der Waals surface area contributed by atoms with Gasteiger partial charge in [-0.05, 0) is 51.9 Å². The molecule has 4 nitrogen and oxygen atoms in total. The minimum absolute atomic E-state index is 0.246. The second-order valence-corrected chi connectivity index (χ2v) is 5.92. The molecule has 0 aromatic heterocycles. The minimum Gasteiger partial charge on any atom is -0.489 e. The van der Waals surface area contributed by atoms with E-state index in [4.69, 9.17) is 15.6 Å². The highest BCUT2D eigenvalue weighted by Gasteiger charge is 2.15. The van der Waals surface area contributed by atoms with E-state index in [0.29, 0.717) is 12.4 Å². The molecule has 0 spiro atoms.